The zero-order valence-electron chi connectivity index (χ0n) is 14.0. The highest BCUT2D eigenvalue weighted by Crippen LogP contribution is 2.19. The summed E-state index contributed by atoms with van der Waals surface area (Å²) in [5, 5.41) is 3.03. The first kappa shape index (κ1) is 19.0. The first-order valence-electron chi connectivity index (χ1n) is 8.17. The molecule has 1 aliphatic heterocycles. The number of nitrogens with zero attached hydrogens (tertiary/aromatic N) is 1. The second-order valence-corrected chi connectivity index (χ2v) is 8.68. The van der Waals surface area contributed by atoms with Crippen molar-refractivity contribution in [2.45, 2.75) is 4.90 Å². The van der Waals surface area contributed by atoms with Crippen molar-refractivity contribution in [1.82, 2.24) is 4.31 Å². The third-order valence-electron chi connectivity index (χ3n) is 4.08. The Balaban J connectivity index is 1.62. The maximum atomic E-state index is 12.6. The average molecular weight is 439 g/mol. The van der Waals surface area contributed by atoms with Crippen molar-refractivity contribution in [2.75, 3.05) is 38.2 Å². The Labute approximate surface area is 161 Å². The van der Waals surface area contributed by atoms with Crippen molar-refractivity contribution in [1.29, 1.82) is 0 Å². The second-order valence-electron chi connectivity index (χ2n) is 5.82. The number of ether oxygens (including phenoxy) is 1. The first-order chi connectivity index (χ1) is 12.5. The molecule has 138 valence electrons. The summed E-state index contributed by atoms with van der Waals surface area (Å²) in [4.78, 5) is 12.4. The number of hydrogen-bond donors (Lipinski definition) is 1. The Hall–Kier alpha value is -1.74. The van der Waals surface area contributed by atoms with E-state index < -0.39 is 10.0 Å². The summed E-state index contributed by atoms with van der Waals surface area (Å²) >= 11 is 3.34. The van der Waals surface area contributed by atoms with Gasteiger partial charge in [0.1, 0.15) is 0 Å². The van der Waals surface area contributed by atoms with Gasteiger partial charge in [-0.2, -0.15) is 4.31 Å². The predicted molar refractivity (Wildman–Crippen MR) is 103 cm³/mol. The number of ketones is 1. The van der Waals surface area contributed by atoms with Gasteiger partial charge in [0, 0.05) is 28.8 Å². The predicted octanol–water partition coefficient (Wildman–Crippen LogP) is 2.76. The molecule has 0 aromatic heterocycles. The SMILES string of the molecule is O=C(CNc1ccc(S(=O)(=O)N2CCOCC2)cc1)c1ccc(Br)cc1. The number of morpholine rings is 1. The molecule has 1 fully saturated rings. The fourth-order valence-corrected chi connectivity index (χ4v) is 4.27. The molecule has 2 aromatic rings. The van der Waals surface area contributed by atoms with Gasteiger partial charge in [0.05, 0.1) is 24.7 Å². The average Bonchev–Trinajstić information content (AvgIpc) is 2.67. The normalized spacial score (nSPS) is 15.6. The van der Waals surface area contributed by atoms with Crippen LogP contribution in [-0.4, -0.2) is 51.4 Å². The Morgan fingerprint density at radius 2 is 1.65 bits per heavy atom. The van der Waals surface area contributed by atoms with Gasteiger partial charge in [0.25, 0.3) is 0 Å². The fraction of sp³-hybridized carbons (Fsp3) is 0.278. The molecule has 2 aromatic carbocycles. The monoisotopic (exact) mass is 438 g/mol. The minimum Gasteiger partial charge on any atom is -0.379 e. The number of Topliss-reactive ketones (excluding diaryl/α,β-unsaturated/α-hetero) is 1. The lowest BCUT2D eigenvalue weighted by Crippen LogP contribution is -2.40. The standard InChI is InChI=1S/C18H19BrN2O4S/c19-15-3-1-14(2-4-15)18(22)13-20-16-5-7-17(8-6-16)26(23,24)21-9-11-25-12-10-21/h1-8,20H,9-13H2. The highest BCUT2D eigenvalue weighted by atomic mass is 79.9. The highest BCUT2D eigenvalue weighted by molar-refractivity contribution is 9.10. The molecule has 0 bridgehead atoms. The van der Waals surface area contributed by atoms with Crippen LogP contribution in [0.15, 0.2) is 57.9 Å². The Kier molecular flexibility index (Phi) is 6.08. The molecule has 0 atom stereocenters. The quantitative estimate of drug-likeness (QED) is 0.701. The minimum absolute atomic E-state index is 0.0393. The van der Waals surface area contributed by atoms with Crippen LogP contribution >= 0.6 is 15.9 Å². The second kappa shape index (κ2) is 8.30. The van der Waals surface area contributed by atoms with Gasteiger partial charge in [-0.05, 0) is 36.4 Å². The van der Waals surface area contributed by atoms with Crippen molar-refractivity contribution in [2.24, 2.45) is 0 Å². The molecule has 26 heavy (non-hydrogen) atoms. The summed E-state index contributed by atoms with van der Waals surface area (Å²) in [6, 6.07) is 13.6. The molecule has 1 saturated heterocycles. The molecular formula is C18H19BrN2O4S. The molecule has 0 amide bonds. The Morgan fingerprint density at radius 3 is 2.27 bits per heavy atom. The van der Waals surface area contributed by atoms with E-state index in [-0.39, 0.29) is 17.2 Å². The van der Waals surface area contributed by atoms with Crippen LogP contribution in [0.25, 0.3) is 0 Å². The summed E-state index contributed by atoms with van der Waals surface area (Å²) in [6.45, 7) is 1.69. The van der Waals surface area contributed by atoms with Gasteiger partial charge < -0.3 is 10.1 Å². The number of rotatable bonds is 6. The number of anilines is 1. The van der Waals surface area contributed by atoms with E-state index >= 15 is 0 Å². The number of nitrogens with one attached hydrogen (secondary N) is 1. The molecule has 0 unspecified atom stereocenters. The van der Waals surface area contributed by atoms with Gasteiger partial charge in [-0.15, -0.1) is 0 Å². The molecule has 3 rings (SSSR count). The number of carbonyl (C=O) groups excluding carboxylic acids is 1. The van der Waals surface area contributed by atoms with E-state index in [1.165, 1.54) is 4.31 Å². The highest BCUT2D eigenvalue weighted by Gasteiger charge is 2.26. The van der Waals surface area contributed by atoms with Gasteiger partial charge >= 0.3 is 0 Å². The summed E-state index contributed by atoms with van der Waals surface area (Å²) < 4.78 is 32.7. The van der Waals surface area contributed by atoms with Crippen LogP contribution < -0.4 is 5.32 Å². The Bertz CT molecular complexity index is 861. The number of carbonyl (C=O) groups is 1. The molecule has 0 spiro atoms. The molecule has 0 saturated carbocycles. The molecule has 1 heterocycles. The van der Waals surface area contributed by atoms with Crippen molar-refractivity contribution in [3.8, 4) is 0 Å². The zero-order chi connectivity index (χ0) is 18.6. The molecule has 8 heteroatoms. The maximum Gasteiger partial charge on any atom is 0.243 e. The maximum absolute atomic E-state index is 12.6. The van der Waals surface area contributed by atoms with Crippen LogP contribution in [-0.2, 0) is 14.8 Å². The number of sulfonamides is 1. The zero-order valence-corrected chi connectivity index (χ0v) is 16.4. The first-order valence-corrected chi connectivity index (χ1v) is 10.4. The van der Waals surface area contributed by atoms with E-state index in [1.807, 2.05) is 12.1 Å². The van der Waals surface area contributed by atoms with E-state index in [4.69, 9.17) is 4.74 Å². The van der Waals surface area contributed by atoms with Crippen LogP contribution in [0, 0.1) is 0 Å². The summed E-state index contributed by atoms with van der Waals surface area (Å²) in [5.41, 5.74) is 1.31. The summed E-state index contributed by atoms with van der Waals surface area (Å²) in [7, 11) is -3.50. The van der Waals surface area contributed by atoms with E-state index in [0.29, 0.717) is 37.6 Å². The van der Waals surface area contributed by atoms with Crippen LogP contribution in [0.5, 0.6) is 0 Å². The summed E-state index contributed by atoms with van der Waals surface area (Å²) in [6.07, 6.45) is 0. The van der Waals surface area contributed by atoms with Crippen molar-refractivity contribution >= 4 is 37.4 Å². The van der Waals surface area contributed by atoms with Crippen molar-refractivity contribution in [3.63, 3.8) is 0 Å². The number of hydrogen-bond acceptors (Lipinski definition) is 5. The van der Waals surface area contributed by atoms with E-state index in [0.717, 1.165) is 4.47 Å². The molecule has 0 aliphatic carbocycles. The van der Waals surface area contributed by atoms with Gasteiger partial charge in [0.15, 0.2) is 5.78 Å². The molecular weight excluding hydrogens is 420 g/mol. The fourth-order valence-electron chi connectivity index (χ4n) is 2.60. The molecule has 1 aliphatic rings. The third kappa shape index (κ3) is 4.50. The molecule has 0 radical (unpaired) electrons. The van der Waals surface area contributed by atoms with Crippen LogP contribution in [0.4, 0.5) is 5.69 Å². The van der Waals surface area contributed by atoms with Gasteiger partial charge in [-0.1, -0.05) is 28.1 Å². The third-order valence-corrected chi connectivity index (χ3v) is 6.52. The summed E-state index contributed by atoms with van der Waals surface area (Å²) in [5.74, 6) is -0.0393. The van der Waals surface area contributed by atoms with Gasteiger partial charge in [0.2, 0.25) is 10.0 Å². The van der Waals surface area contributed by atoms with Crippen LogP contribution in [0.3, 0.4) is 0 Å². The lowest BCUT2D eigenvalue weighted by atomic mass is 10.1. The van der Waals surface area contributed by atoms with Gasteiger partial charge in [-0.25, -0.2) is 8.42 Å². The lowest BCUT2D eigenvalue weighted by Gasteiger charge is -2.26. The van der Waals surface area contributed by atoms with E-state index in [9.17, 15) is 13.2 Å². The van der Waals surface area contributed by atoms with Crippen LogP contribution in [0.2, 0.25) is 0 Å². The van der Waals surface area contributed by atoms with Crippen LogP contribution in [0.1, 0.15) is 10.4 Å². The minimum atomic E-state index is -3.50. The van der Waals surface area contributed by atoms with E-state index in [1.54, 1.807) is 36.4 Å². The van der Waals surface area contributed by atoms with E-state index in [2.05, 4.69) is 21.2 Å². The largest absolute Gasteiger partial charge is 0.379 e. The Morgan fingerprint density at radius 1 is 1.04 bits per heavy atom. The molecule has 6 nitrogen and oxygen atoms in total. The lowest BCUT2D eigenvalue weighted by molar-refractivity contribution is 0.0730. The van der Waals surface area contributed by atoms with Crippen molar-refractivity contribution < 1.29 is 17.9 Å². The number of halogens is 1. The smallest absolute Gasteiger partial charge is 0.243 e. The van der Waals surface area contributed by atoms with Crippen molar-refractivity contribution in [3.05, 3.63) is 58.6 Å². The topological polar surface area (TPSA) is 75.7 Å². The number of benzene rings is 2. The van der Waals surface area contributed by atoms with Gasteiger partial charge in [-0.3, -0.25) is 4.79 Å². The molecule has 1 N–H and O–H groups in total.